The van der Waals surface area contributed by atoms with Gasteiger partial charge in [0.05, 0.1) is 22.2 Å². The maximum Gasteiger partial charge on any atom is 0.289 e. The van der Waals surface area contributed by atoms with Crippen LogP contribution in [0.5, 0.6) is 0 Å². The summed E-state index contributed by atoms with van der Waals surface area (Å²) in [6.45, 7) is 5.21. The lowest BCUT2D eigenvalue weighted by molar-refractivity contribution is -0.128. The number of nitrogens with zero attached hydrogens (tertiary/aromatic N) is 1. The molecule has 1 unspecified atom stereocenters. The van der Waals surface area contributed by atoms with Gasteiger partial charge >= 0.3 is 0 Å². The molecule has 1 aromatic rings. The van der Waals surface area contributed by atoms with E-state index in [9.17, 15) is 14.7 Å². The minimum Gasteiger partial charge on any atom is -0.503 e. The van der Waals surface area contributed by atoms with E-state index in [1.807, 2.05) is 26.0 Å². The minimum atomic E-state index is -0.466. The monoisotopic (exact) mass is 398 g/mol. The van der Waals surface area contributed by atoms with Gasteiger partial charge in [0.1, 0.15) is 0 Å². The fraction of sp³-hybridized carbons (Fsp3) is 0.474. The standard InChI is InChI=1S/C19H24Cl2N2O3/c1-3-12(2)10-23-11-14(17(24)19(23)26)18(25)22-8-4-5-13-6-7-15(20)16(21)9-13/h6-7,9,12,24H,3-5,8,10-11H2,1-2H3,(H,22,25). The van der Waals surface area contributed by atoms with Crippen LogP contribution in [0, 0.1) is 5.92 Å². The topological polar surface area (TPSA) is 69.6 Å². The van der Waals surface area contributed by atoms with Crippen LogP contribution in [0.4, 0.5) is 0 Å². The molecule has 2 amide bonds. The van der Waals surface area contributed by atoms with E-state index < -0.39 is 17.6 Å². The van der Waals surface area contributed by atoms with Crippen LogP contribution in [0.2, 0.25) is 10.0 Å². The normalized spacial score (nSPS) is 15.5. The van der Waals surface area contributed by atoms with Gasteiger partial charge in [-0.15, -0.1) is 0 Å². The third-order valence-corrected chi connectivity index (χ3v) is 5.28. The molecule has 2 rings (SSSR count). The molecule has 1 atom stereocenters. The van der Waals surface area contributed by atoms with Gasteiger partial charge in [-0.2, -0.15) is 0 Å². The fourth-order valence-corrected chi connectivity index (χ4v) is 3.07. The molecule has 1 heterocycles. The van der Waals surface area contributed by atoms with E-state index in [2.05, 4.69) is 5.32 Å². The Morgan fingerprint density at radius 2 is 2.08 bits per heavy atom. The van der Waals surface area contributed by atoms with Gasteiger partial charge in [0.25, 0.3) is 11.8 Å². The summed E-state index contributed by atoms with van der Waals surface area (Å²) in [4.78, 5) is 25.8. The molecule has 0 saturated heterocycles. The number of benzene rings is 1. The number of hydrogen-bond acceptors (Lipinski definition) is 3. The van der Waals surface area contributed by atoms with Crippen molar-refractivity contribution in [2.75, 3.05) is 19.6 Å². The van der Waals surface area contributed by atoms with Crippen LogP contribution in [0.1, 0.15) is 32.3 Å². The number of aliphatic hydroxyl groups is 1. The van der Waals surface area contributed by atoms with Crippen molar-refractivity contribution in [2.45, 2.75) is 33.1 Å². The molecule has 0 saturated carbocycles. The number of hydrogen-bond donors (Lipinski definition) is 2. The number of aryl methyl sites for hydroxylation is 1. The van der Waals surface area contributed by atoms with Crippen molar-refractivity contribution >= 4 is 35.0 Å². The highest BCUT2D eigenvalue weighted by Crippen LogP contribution is 2.23. The van der Waals surface area contributed by atoms with Crippen LogP contribution >= 0.6 is 23.2 Å². The molecule has 0 radical (unpaired) electrons. The maximum atomic E-state index is 12.3. The van der Waals surface area contributed by atoms with Crippen LogP contribution in [-0.2, 0) is 16.0 Å². The van der Waals surface area contributed by atoms with Crippen molar-refractivity contribution in [1.82, 2.24) is 10.2 Å². The maximum absolute atomic E-state index is 12.3. The highest BCUT2D eigenvalue weighted by Gasteiger charge is 2.34. The predicted octanol–water partition coefficient (Wildman–Crippen LogP) is 3.74. The van der Waals surface area contributed by atoms with Crippen LogP contribution < -0.4 is 5.32 Å². The Hall–Kier alpha value is -1.72. The van der Waals surface area contributed by atoms with Crippen LogP contribution in [0.25, 0.3) is 0 Å². The van der Waals surface area contributed by atoms with Crippen molar-refractivity contribution in [3.63, 3.8) is 0 Å². The summed E-state index contributed by atoms with van der Waals surface area (Å²) in [5.41, 5.74) is 1.18. The Labute approximate surface area is 164 Å². The Morgan fingerprint density at radius 3 is 2.73 bits per heavy atom. The van der Waals surface area contributed by atoms with Gasteiger partial charge in [-0.05, 0) is 36.5 Å². The molecule has 5 nitrogen and oxygen atoms in total. The number of rotatable bonds is 8. The number of nitrogens with one attached hydrogen (secondary N) is 1. The average molecular weight is 399 g/mol. The van der Waals surface area contributed by atoms with Crippen molar-refractivity contribution in [3.05, 3.63) is 45.1 Å². The summed E-state index contributed by atoms with van der Waals surface area (Å²) in [6.07, 6.45) is 2.38. The summed E-state index contributed by atoms with van der Waals surface area (Å²) in [5, 5.41) is 13.8. The van der Waals surface area contributed by atoms with Gasteiger partial charge in [0.15, 0.2) is 5.76 Å². The lowest BCUT2D eigenvalue weighted by Crippen LogP contribution is -2.33. The Balaban J connectivity index is 1.82. The highest BCUT2D eigenvalue weighted by molar-refractivity contribution is 6.42. The van der Waals surface area contributed by atoms with Gasteiger partial charge in [0, 0.05) is 13.1 Å². The van der Waals surface area contributed by atoms with Gasteiger partial charge in [-0.3, -0.25) is 9.59 Å². The molecular formula is C19H24Cl2N2O3. The van der Waals surface area contributed by atoms with Gasteiger partial charge in [-0.1, -0.05) is 49.5 Å². The van der Waals surface area contributed by atoms with Gasteiger partial charge < -0.3 is 15.3 Å². The molecular weight excluding hydrogens is 375 g/mol. The second kappa shape index (κ2) is 9.28. The van der Waals surface area contributed by atoms with Crippen molar-refractivity contribution < 1.29 is 14.7 Å². The lowest BCUT2D eigenvalue weighted by atomic mass is 10.1. The predicted molar refractivity (Wildman–Crippen MR) is 103 cm³/mol. The first kappa shape index (κ1) is 20.6. The van der Waals surface area contributed by atoms with E-state index in [0.29, 0.717) is 35.5 Å². The molecule has 1 aliphatic rings. The van der Waals surface area contributed by atoms with Crippen LogP contribution in [0.3, 0.4) is 0 Å². The van der Waals surface area contributed by atoms with E-state index >= 15 is 0 Å². The molecule has 0 fully saturated rings. The van der Waals surface area contributed by atoms with Gasteiger partial charge in [0.2, 0.25) is 0 Å². The quantitative estimate of drug-likeness (QED) is 0.655. The largest absolute Gasteiger partial charge is 0.503 e. The number of amides is 2. The first-order valence-corrected chi connectivity index (χ1v) is 9.52. The molecule has 1 aliphatic heterocycles. The van der Waals surface area contributed by atoms with Crippen molar-refractivity contribution in [3.8, 4) is 0 Å². The van der Waals surface area contributed by atoms with Crippen molar-refractivity contribution in [2.24, 2.45) is 5.92 Å². The average Bonchev–Trinajstić information content (AvgIpc) is 2.89. The summed E-state index contributed by atoms with van der Waals surface area (Å²) in [5.74, 6) is -0.974. The SMILES string of the molecule is CCC(C)CN1CC(C(=O)NCCCc2ccc(Cl)c(Cl)c2)=C(O)C1=O. The second-order valence-electron chi connectivity index (χ2n) is 6.63. The molecule has 26 heavy (non-hydrogen) atoms. The minimum absolute atomic E-state index is 0.146. The zero-order valence-electron chi connectivity index (χ0n) is 15.0. The van der Waals surface area contributed by atoms with Gasteiger partial charge in [-0.25, -0.2) is 0 Å². The summed E-state index contributed by atoms with van der Waals surface area (Å²) in [6, 6.07) is 5.45. The van der Waals surface area contributed by atoms with E-state index in [4.69, 9.17) is 23.2 Å². The zero-order chi connectivity index (χ0) is 19.3. The van der Waals surface area contributed by atoms with Crippen LogP contribution in [0.15, 0.2) is 29.5 Å². The zero-order valence-corrected chi connectivity index (χ0v) is 16.5. The molecule has 0 aliphatic carbocycles. The molecule has 0 aromatic heterocycles. The third-order valence-electron chi connectivity index (χ3n) is 4.54. The molecule has 7 heteroatoms. The summed E-state index contributed by atoms with van der Waals surface area (Å²) >= 11 is 11.9. The van der Waals surface area contributed by atoms with E-state index in [1.165, 1.54) is 4.90 Å². The molecule has 0 spiro atoms. The molecule has 1 aromatic carbocycles. The Bertz CT molecular complexity index is 719. The van der Waals surface area contributed by atoms with Crippen molar-refractivity contribution in [1.29, 1.82) is 0 Å². The number of halogens is 2. The highest BCUT2D eigenvalue weighted by atomic mass is 35.5. The van der Waals surface area contributed by atoms with Crippen LogP contribution in [-0.4, -0.2) is 41.5 Å². The summed E-state index contributed by atoms with van der Waals surface area (Å²) in [7, 11) is 0. The molecule has 0 bridgehead atoms. The second-order valence-corrected chi connectivity index (χ2v) is 7.45. The third kappa shape index (κ3) is 5.15. The molecule has 142 valence electrons. The fourth-order valence-electron chi connectivity index (χ4n) is 2.74. The number of aliphatic hydroxyl groups excluding tert-OH is 1. The van der Waals surface area contributed by atoms with E-state index in [-0.39, 0.29) is 12.1 Å². The first-order chi connectivity index (χ1) is 12.3. The smallest absolute Gasteiger partial charge is 0.289 e. The number of carbonyl (C=O) groups excluding carboxylic acids is 2. The van der Waals surface area contributed by atoms with E-state index in [0.717, 1.165) is 18.4 Å². The Morgan fingerprint density at radius 1 is 1.35 bits per heavy atom. The van der Waals surface area contributed by atoms with E-state index in [1.54, 1.807) is 6.07 Å². The Kier molecular flexibility index (Phi) is 7.35. The lowest BCUT2D eigenvalue weighted by Gasteiger charge is -2.19. The first-order valence-electron chi connectivity index (χ1n) is 8.77. The number of carbonyl (C=O) groups is 2. The summed E-state index contributed by atoms with van der Waals surface area (Å²) < 4.78 is 0. The molecule has 2 N–H and O–H groups in total.